The zero-order chi connectivity index (χ0) is 20.1. The molecule has 29 heavy (non-hydrogen) atoms. The third-order valence-corrected chi connectivity index (χ3v) is 5.49. The number of carbonyl (C=O) groups excluding carboxylic acids is 1. The van der Waals surface area contributed by atoms with Gasteiger partial charge in [-0.15, -0.1) is 10.2 Å². The van der Waals surface area contributed by atoms with Crippen molar-refractivity contribution in [1.29, 1.82) is 0 Å². The fraction of sp³-hybridized carbons (Fsp3) is 0.286. The second kappa shape index (κ2) is 9.00. The molecule has 0 atom stereocenters. The van der Waals surface area contributed by atoms with E-state index >= 15 is 0 Å². The van der Waals surface area contributed by atoms with Crippen molar-refractivity contribution in [2.24, 2.45) is 0 Å². The van der Waals surface area contributed by atoms with E-state index in [1.54, 1.807) is 7.11 Å². The van der Waals surface area contributed by atoms with Gasteiger partial charge in [-0.25, -0.2) is 0 Å². The molecule has 0 unspecified atom stereocenters. The van der Waals surface area contributed by atoms with Gasteiger partial charge < -0.3 is 19.4 Å². The second-order valence-electron chi connectivity index (χ2n) is 6.68. The number of methoxy groups -OCH3 is 1. The summed E-state index contributed by atoms with van der Waals surface area (Å²) in [5, 5.41) is 11.3. The summed E-state index contributed by atoms with van der Waals surface area (Å²) in [7, 11) is 1.62. The summed E-state index contributed by atoms with van der Waals surface area (Å²) < 4.78 is 10.8. The van der Waals surface area contributed by atoms with Crippen LogP contribution >= 0.6 is 11.8 Å². The summed E-state index contributed by atoms with van der Waals surface area (Å²) in [6.45, 7) is 2.14. The van der Waals surface area contributed by atoms with Crippen LogP contribution in [0.4, 0.5) is 11.4 Å². The van der Waals surface area contributed by atoms with Crippen molar-refractivity contribution in [3.8, 4) is 17.2 Å². The van der Waals surface area contributed by atoms with Crippen molar-refractivity contribution >= 4 is 29.0 Å². The molecule has 0 radical (unpaired) electrons. The Morgan fingerprint density at radius 2 is 1.97 bits per heavy atom. The molecule has 0 spiro atoms. The average molecular weight is 410 g/mol. The van der Waals surface area contributed by atoms with Crippen LogP contribution in [0.2, 0.25) is 0 Å². The minimum Gasteiger partial charge on any atom is -0.497 e. The number of aromatic nitrogens is 2. The number of rotatable bonds is 7. The Morgan fingerprint density at radius 3 is 2.72 bits per heavy atom. The average Bonchev–Trinajstić information content (AvgIpc) is 3.45. The van der Waals surface area contributed by atoms with E-state index in [0.717, 1.165) is 35.8 Å². The van der Waals surface area contributed by atoms with Gasteiger partial charge in [-0.2, -0.15) is 0 Å². The van der Waals surface area contributed by atoms with E-state index in [-0.39, 0.29) is 11.7 Å². The number of hydrogen-bond acceptors (Lipinski definition) is 7. The van der Waals surface area contributed by atoms with Gasteiger partial charge in [0.25, 0.3) is 5.22 Å². The number of nitrogens with zero attached hydrogens (tertiary/aromatic N) is 3. The fourth-order valence-electron chi connectivity index (χ4n) is 3.20. The molecule has 0 saturated carbocycles. The monoisotopic (exact) mass is 410 g/mol. The molecule has 0 bridgehead atoms. The Hall–Kier alpha value is -3.00. The minimum atomic E-state index is -0.113. The van der Waals surface area contributed by atoms with Crippen LogP contribution in [0.15, 0.2) is 58.2 Å². The normalized spacial score (nSPS) is 13.5. The first-order valence-electron chi connectivity index (χ1n) is 9.47. The van der Waals surface area contributed by atoms with Gasteiger partial charge in [-0.1, -0.05) is 17.8 Å². The van der Waals surface area contributed by atoms with Gasteiger partial charge in [-0.05, 0) is 55.3 Å². The third kappa shape index (κ3) is 4.89. The number of hydrogen-bond donors (Lipinski definition) is 1. The van der Waals surface area contributed by atoms with E-state index in [9.17, 15) is 4.79 Å². The molecule has 1 amide bonds. The Balaban J connectivity index is 1.32. The SMILES string of the molecule is COc1ccc(-c2nnc(SCC(=O)Nc3cccc(N4CCCC4)c3)o2)cc1. The molecule has 1 N–H and O–H groups in total. The van der Waals surface area contributed by atoms with Crippen LogP contribution in [0, 0.1) is 0 Å². The standard InChI is InChI=1S/C21H22N4O3S/c1-27-18-9-7-15(8-10-18)20-23-24-21(28-20)29-14-19(26)22-16-5-4-6-17(13-16)25-11-2-3-12-25/h4-10,13H,2-3,11-12,14H2,1H3,(H,22,26). The molecule has 1 saturated heterocycles. The summed E-state index contributed by atoms with van der Waals surface area (Å²) in [6, 6.07) is 15.3. The van der Waals surface area contributed by atoms with Gasteiger partial charge in [0.05, 0.1) is 12.9 Å². The maximum Gasteiger partial charge on any atom is 0.277 e. The first-order chi connectivity index (χ1) is 14.2. The molecular weight excluding hydrogens is 388 g/mol. The predicted molar refractivity (Wildman–Crippen MR) is 114 cm³/mol. The number of nitrogens with one attached hydrogen (secondary N) is 1. The highest BCUT2D eigenvalue weighted by molar-refractivity contribution is 7.99. The van der Waals surface area contributed by atoms with Gasteiger partial charge in [0, 0.05) is 30.0 Å². The topological polar surface area (TPSA) is 80.5 Å². The lowest BCUT2D eigenvalue weighted by molar-refractivity contribution is -0.113. The van der Waals surface area contributed by atoms with Gasteiger partial charge in [0.15, 0.2) is 0 Å². The van der Waals surface area contributed by atoms with Crippen LogP contribution < -0.4 is 15.0 Å². The van der Waals surface area contributed by atoms with Crippen molar-refractivity contribution in [2.75, 3.05) is 36.2 Å². The van der Waals surface area contributed by atoms with Crippen LogP contribution in [0.1, 0.15) is 12.8 Å². The highest BCUT2D eigenvalue weighted by Gasteiger charge is 2.14. The fourth-order valence-corrected chi connectivity index (χ4v) is 3.76. The predicted octanol–water partition coefficient (Wildman–Crippen LogP) is 4.08. The van der Waals surface area contributed by atoms with Crippen LogP contribution in [0.3, 0.4) is 0 Å². The number of amides is 1. The molecule has 1 aromatic heterocycles. The van der Waals surface area contributed by atoms with Crippen molar-refractivity contribution in [3.05, 3.63) is 48.5 Å². The molecule has 1 aliphatic heterocycles. The molecule has 1 aliphatic rings. The molecule has 2 heterocycles. The Kier molecular flexibility index (Phi) is 6.00. The molecule has 4 rings (SSSR count). The number of thioether (sulfide) groups is 1. The van der Waals surface area contributed by atoms with E-state index < -0.39 is 0 Å². The van der Waals surface area contributed by atoms with E-state index in [4.69, 9.17) is 9.15 Å². The zero-order valence-electron chi connectivity index (χ0n) is 16.1. The van der Waals surface area contributed by atoms with Crippen LogP contribution in [-0.4, -0.2) is 42.1 Å². The number of carbonyl (C=O) groups is 1. The summed E-state index contributed by atoms with van der Waals surface area (Å²) in [6.07, 6.45) is 2.44. The van der Waals surface area contributed by atoms with Gasteiger partial charge in [0.2, 0.25) is 11.8 Å². The van der Waals surface area contributed by atoms with E-state index in [2.05, 4.69) is 26.5 Å². The second-order valence-corrected chi connectivity index (χ2v) is 7.61. The molecule has 8 heteroatoms. The smallest absolute Gasteiger partial charge is 0.277 e. The number of benzene rings is 2. The number of ether oxygens (including phenoxy) is 1. The first-order valence-corrected chi connectivity index (χ1v) is 10.5. The molecule has 0 aliphatic carbocycles. The molecular formula is C21H22N4O3S. The summed E-state index contributed by atoms with van der Waals surface area (Å²) in [5.41, 5.74) is 2.74. The van der Waals surface area contributed by atoms with Crippen LogP contribution in [0.5, 0.6) is 5.75 Å². The van der Waals surface area contributed by atoms with Crippen molar-refractivity contribution in [1.82, 2.24) is 10.2 Å². The summed E-state index contributed by atoms with van der Waals surface area (Å²) >= 11 is 1.21. The van der Waals surface area contributed by atoms with Crippen molar-refractivity contribution in [2.45, 2.75) is 18.1 Å². The highest BCUT2D eigenvalue weighted by atomic mass is 32.2. The molecule has 7 nitrogen and oxygen atoms in total. The van der Waals surface area contributed by atoms with Crippen molar-refractivity contribution in [3.63, 3.8) is 0 Å². The Morgan fingerprint density at radius 1 is 1.17 bits per heavy atom. The van der Waals surface area contributed by atoms with E-state index in [0.29, 0.717) is 11.1 Å². The molecule has 1 fully saturated rings. The minimum absolute atomic E-state index is 0.113. The van der Waals surface area contributed by atoms with Gasteiger partial charge in [-0.3, -0.25) is 4.79 Å². The lowest BCUT2D eigenvalue weighted by atomic mass is 10.2. The molecule has 3 aromatic rings. The molecule has 2 aromatic carbocycles. The third-order valence-electron chi connectivity index (χ3n) is 4.67. The summed E-state index contributed by atoms with van der Waals surface area (Å²) in [4.78, 5) is 14.7. The number of anilines is 2. The molecule has 150 valence electrons. The highest BCUT2D eigenvalue weighted by Crippen LogP contribution is 2.26. The lowest BCUT2D eigenvalue weighted by Gasteiger charge is -2.18. The maximum atomic E-state index is 12.3. The van der Waals surface area contributed by atoms with E-state index in [1.807, 2.05) is 42.5 Å². The zero-order valence-corrected chi connectivity index (χ0v) is 16.9. The van der Waals surface area contributed by atoms with E-state index in [1.165, 1.54) is 24.6 Å². The van der Waals surface area contributed by atoms with Gasteiger partial charge in [0.1, 0.15) is 5.75 Å². The van der Waals surface area contributed by atoms with Crippen LogP contribution in [-0.2, 0) is 4.79 Å². The Bertz CT molecular complexity index is 968. The van der Waals surface area contributed by atoms with Crippen molar-refractivity contribution < 1.29 is 13.9 Å². The largest absolute Gasteiger partial charge is 0.497 e. The quantitative estimate of drug-likeness (QED) is 0.588. The Labute approximate surface area is 173 Å². The van der Waals surface area contributed by atoms with Gasteiger partial charge >= 0.3 is 0 Å². The maximum absolute atomic E-state index is 12.3. The van der Waals surface area contributed by atoms with Crippen LogP contribution in [0.25, 0.3) is 11.5 Å². The first kappa shape index (κ1) is 19.3. The summed E-state index contributed by atoms with van der Waals surface area (Å²) in [5.74, 6) is 1.25. The lowest BCUT2D eigenvalue weighted by Crippen LogP contribution is -2.18.